The number of anilines is 2. The van der Waals surface area contributed by atoms with E-state index < -0.39 is 0 Å². The summed E-state index contributed by atoms with van der Waals surface area (Å²) in [5, 5.41) is 6.24. The van der Waals surface area contributed by atoms with Crippen LogP contribution in [0.3, 0.4) is 0 Å². The molecule has 0 bridgehead atoms. The van der Waals surface area contributed by atoms with Crippen molar-refractivity contribution in [3.8, 4) is 10.4 Å². The largest absolute Gasteiger partial charge is 0.397 e. The molecule has 1 saturated heterocycles. The molecule has 1 aliphatic carbocycles. The van der Waals surface area contributed by atoms with Gasteiger partial charge in [-0.25, -0.2) is 0 Å². The summed E-state index contributed by atoms with van der Waals surface area (Å²) in [4.78, 5) is 17.0. The van der Waals surface area contributed by atoms with Crippen molar-refractivity contribution in [3.63, 3.8) is 0 Å². The van der Waals surface area contributed by atoms with Crippen LogP contribution in [-0.4, -0.2) is 48.2 Å². The molecule has 0 unspecified atom stereocenters. The standard InChI is InChI=1S/C28H30N4O2S/c29-24-6-5-20(26-2-1-15-35-26)18-25(24)30-28(33)22-16-21-7-8-32(10-9-31-11-13-34-14-12-31)27(21)23(17-22)19-3-4-19/h1-2,5-8,15-19H,3-4,9-14,29H2,(H,30,33). The number of amides is 1. The van der Waals surface area contributed by atoms with Gasteiger partial charge >= 0.3 is 0 Å². The number of hydrogen-bond acceptors (Lipinski definition) is 5. The summed E-state index contributed by atoms with van der Waals surface area (Å²) in [6.07, 6.45) is 4.54. The van der Waals surface area contributed by atoms with Crippen LogP contribution in [0.25, 0.3) is 21.3 Å². The summed E-state index contributed by atoms with van der Waals surface area (Å²) in [6, 6.07) is 16.2. The maximum absolute atomic E-state index is 13.4. The first kappa shape index (κ1) is 22.3. The lowest BCUT2D eigenvalue weighted by molar-refractivity contribution is 0.0365. The van der Waals surface area contributed by atoms with E-state index in [2.05, 4.69) is 39.2 Å². The molecule has 0 spiro atoms. The molecule has 2 aromatic heterocycles. The topological polar surface area (TPSA) is 72.5 Å². The van der Waals surface area contributed by atoms with Crippen molar-refractivity contribution in [2.24, 2.45) is 0 Å². The third kappa shape index (κ3) is 4.72. The Balaban J connectivity index is 1.26. The maximum atomic E-state index is 13.4. The fourth-order valence-corrected chi connectivity index (χ4v) is 5.66. The molecule has 4 aromatic rings. The molecule has 1 amide bonds. The quantitative estimate of drug-likeness (QED) is 0.343. The highest BCUT2D eigenvalue weighted by atomic mass is 32.1. The number of aromatic nitrogens is 1. The second-order valence-electron chi connectivity index (χ2n) is 9.47. The predicted octanol–water partition coefficient (Wildman–Crippen LogP) is 5.41. The van der Waals surface area contributed by atoms with Crippen molar-refractivity contribution in [1.82, 2.24) is 9.47 Å². The summed E-state index contributed by atoms with van der Waals surface area (Å²) >= 11 is 1.67. The van der Waals surface area contributed by atoms with Crippen LogP contribution in [0.15, 0.2) is 60.1 Å². The molecule has 2 aliphatic rings. The van der Waals surface area contributed by atoms with E-state index in [1.807, 2.05) is 35.7 Å². The fraction of sp³-hybridized carbons (Fsp3) is 0.321. The van der Waals surface area contributed by atoms with Gasteiger partial charge in [-0.3, -0.25) is 9.69 Å². The summed E-state index contributed by atoms with van der Waals surface area (Å²) in [5.74, 6) is 0.416. The minimum Gasteiger partial charge on any atom is -0.397 e. The average Bonchev–Trinajstić information content (AvgIpc) is 3.42. The molecule has 35 heavy (non-hydrogen) atoms. The number of carbonyl (C=O) groups is 1. The van der Waals surface area contributed by atoms with Crippen molar-refractivity contribution >= 4 is 39.5 Å². The van der Waals surface area contributed by atoms with Crippen LogP contribution in [0.5, 0.6) is 0 Å². The second-order valence-corrected chi connectivity index (χ2v) is 10.4. The summed E-state index contributed by atoms with van der Waals surface area (Å²) in [6.45, 7) is 5.59. The SMILES string of the molecule is Nc1ccc(-c2cccs2)cc1NC(=O)c1cc(C2CC2)c2c(ccn2CCN2CCOCC2)c1. The lowest BCUT2D eigenvalue weighted by Crippen LogP contribution is -2.38. The van der Waals surface area contributed by atoms with Crippen molar-refractivity contribution < 1.29 is 9.53 Å². The third-order valence-corrected chi connectivity index (χ3v) is 7.96. The molecule has 7 heteroatoms. The first-order valence-corrected chi connectivity index (χ1v) is 13.2. The molecule has 3 N–H and O–H groups in total. The van der Waals surface area contributed by atoms with Gasteiger partial charge in [0.25, 0.3) is 5.91 Å². The van der Waals surface area contributed by atoms with E-state index in [1.54, 1.807) is 11.3 Å². The van der Waals surface area contributed by atoms with E-state index in [-0.39, 0.29) is 5.91 Å². The molecule has 2 fully saturated rings. The van der Waals surface area contributed by atoms with Crippen molar-refractivity contribution in [2.75, 3.05) is 43.9 Å². The van der Waals surface area contributed by atoms with Crippen LogP contribution >= 0.6 is 11.3 Å². The normalized spacial score (nSPS) is 16.6. The summed E-state index contributed by atoms with van der Waals surface area (Å²) in [5.41, 5.74) is 11.7. The Kier molecular flexibility index (Phi) is 6.06. The molecule has 0 radical (unpaired) electrons. The number of nitrogen functional groups attached to an aromatic ring is 1. The number of morpholine rings is 1. The zero-order valence-corrected chi connectivity index (χ0v) is 20.5. The van der Waals surface area contributed by atoms with Gasteiger partial charge < -0.3 is 20.4 Å². The Hall–Kier alpha value is -3.13. The Morgan fingerprint density at radius 3 is 2.71 bits per heavy atom. The number of nitrogens with two attached hydrogens (primary N) is 1. The van der Waals surface area contributed by atoms with Gasteiger partial charge in [0.05, 0.1) is 30.1 Å². The van der Waals surface area contributed by atoms with E-state index >= 15 is 0 Å². The first-order chi connectivity index (χ1) is 17.2. The maximum Gasteiger partial charge on any atom is 0.255 e. The lowest BCUT2D eigenvalue weighted by Gasteiger charge is -2.26. The van der Waals surface area contributed by atoms with Gasteiger partial charge in [0.15, 0.2) is 0 Å². The van der Waals surface area contributed by atoms with Crippen LogP contribution in [0.1, 0.15) is 34.7 Å². The van der Waals surface area contributed by atoms with Gasteiger partial charge in [-0.1, -0.05) is 12.1 Å². The molecule has 6 rings (SSSR count). The number of nitrogens with zero attached hydrogens (tertiary/aromatic N) is 2. The van der Waals surface area contributed by atoms with Gasteiger partial charge in [0.1, 0.15) is 0 Å². The molecular formula is C28H30N4O2S. The van der Waals surface area contributed by atoms with Crippen LogP contribution in [0.4, 0.5) is 11.4 Å². The number of ether oxygens (including phenoxy) is 1. The van der Waals surface area contributed by atoms with Gasteiger partial charge in [0, 0.05) is 48.2 Å². The molecule has 2 aromatic carbocycles. The van der Waals surface area contributed by atoms with Crippen LogP contribution < -0.4 is 11.1 Å². The summed E-state index contributed by atoms with van der Waals surface area (Å²) < 4.78 is 7.85. The van der Waals surface area contributed by atoms with Crippen molar-refractivity contribution in [3.05, 3.63) is 71.2 Å². The van der Waals surface area contributed by atoms with Crippen molar-refractivity contribution in [2.45, 2.75) is 25.3 Å². The van der Waals surface area contributed by atoms with Gasteiger partial charge in [-0.05, 0) is 71.7 Å². The minimum atomic E-state index is -0.120. The highest BCUT2D eigenvalue weighted by molar-refractivity contribution is 7.13. The number of fused-ring (bicyclic) bond motifs is 1. The third-order valence-electron chi connectivity index (χ3n) is 7.04. The van der Waals surface area contributed by atoms with Gasteiger partial charge in [0.2, 0.25) is 0 Å². The molecule has 1 aliphatic heterocycles. The smallest absolute Gasteiger partial charge is 0.255 e. The Morgan fingerprint density at radius 2 is 1.94 bits per heavy atom. The Labute approximate surface area is 209 Å². The fourth-order valence-electron chi connectivity index (χ4n) is 4.94. The van der Waals surface area contributed by atoms with Crippen LogP contribution in [-0.2, 0) is 11.3 Å². The highest BCUT2D eigenvalue weighted by Gasteiger charge is 2.28. The Bertz CT molecular complexity index is 1350. The van der Waals surface area contributed by atoms with E-state index in [0.29, 0.717) is 22.9 Å². The molecule has 6 nitrogen and oxygen atoms in total. The number of nitrogens with one attached hydrogen (secondary N) is 1. The average molecular weight is 487 g/mol. The Morgan fingerprint density at radius 1 is 1.09 bits per heavy atom. The zero-order chi connectivity index (χ0) is 23.8. The number of carbonyl (C=O) groups excluding carboxylic acids is 1. The van der Waals surface area contributed by atoms with E-state index in [9.17, 15) is 4.79 Å². The molecular weight excluding hydrogens is 456 g/mol. The minimum absolute atomic E-state index is 0.120. The second kappa shape index (κ2) is 9.49. The molecule has 1 saturated carbocycles. The monoisotopic (exact) mass is 486 g/mol. The molecule has 180 valence electrons. The number of thiophene rings is 1. The highest BCUT2D eigenvalue weighted by Crippen LogP contribution is 2.44. The van der Waals surface area contributed by atoms with Crippen molar-refractivity contribution in [1.29, 1.82) is 0 Å². The molecule has 3 heterocycles. The van der Waals surface area contributed by atoms with Gasteiger partial charge in [-0.2, -0.15) is 0 Å². The predicted molar refractivity (Wildman–Crippen MR) is 143 cm³/mol. The van der Waals surface area contributed by atoms with E-state index in [4.69, 9.17) is 10.5 Å². The number of rotatable bonds is 7. The van der Waals surface area contributed by atoms with Crippen LogP contribution in [0, 0.1) is 0 Å². The lowest BCUT2D eigenvalue weighted by atomic mass is 10.0. The first-order valence-electron chi connectivity index (χ1n) is 12.3. The number of hydrogen-bond donors (Lipinski definition) is 2. The van der Waals surface area contributed by atoms with E-state index in [1.165, 1.54) is 23.9 Å². The van der Waals surface area contributed by atoms with Gasteiger partial charge in [-0.15, -0.1) is 11.3 Å². The molecule has 0 atom stereocenters. The summed E-state index contributed by atoms with van der Waals surface area (Å²) in [7, 11) is 0. The van der Waals surface area contributed by atoms with Crippen LogP contribution in [0.2, 0.25) is 0 Å². The van der Waals surface area contributed by atoms with E-state index in [0.717, 1.165) is 55.2 Å². The zero-order valence-electron chi connectivity index (χ0n) is 19.7. The number of benzene rings is 2.